The first-order valence-corrected chi connectivity index (χ1v) is 8.50. The van der Waals surface area contributed by atoms with Crippen molar-refractivity contribution >= 4 is 11.9 Å². The molecule has 1 aliphatic carbocycles. The number of benzene rings is 1. The Labute approximate surface area is 144 Å². The Kier molecular flexibility index (Phi) is 5.32. The van der Waals surface area contributed by atoms with Gasteiger partial charge in [-0.15, -0.1) is 0 Å². The quantitative estimate of drug-likeness (QED) is 0.823. The van der Waals surface area contributed by atoms with Crippen molar-refractivity contribution < 1.29 is 28.2 Å². The molecule has 3 atom stereocenters. The normalized spacial score (nSPS) is 24.6. The van der Waals surface area contributed by atoms with E-state index in [1.54, 1.807) is 0 Å². The van der Waals surface area contributed by atoms with Crippen molar-refractivity contribution in [3.8, 4) is 0 Å². The molecule has 3 unspecified atom stereocenters. The smallest absolute Gasteiger partial charge is 0.308 e. The Morgan fingerprint density at radius 1 is 1.28 bits per heavy atom. The molecule has 0 aromatic heterocycles. The van der Waals surface area contributed by atoms with Crippen molar-refractivity contribution in [3.63, 3.8) is 0 Å². The molecule has 2 aliphatic rings. The van der Waals surface area contributed by atoms with Crippen LogP contribution in [0.15, 0.2) is 18.2 Å². The lowest BCUT2D eigenvalue weighted by Gasteiger charge is -2.27. The Morgan fingerprint density at radius 3 is 2.64 bits per heavy atom. The minimum Gasteiger partial charge on any atom is -0.481 e. The second-order valence-electron chi connectivity index (χ2n) is 6.75. The summed E-state index contributed by atoms with van der Waals surface area (Å²) < 4.78 is 32.0. The van der Waals surface area contributed by atoms with Crippen LogP contribution in [-0.2, 0) is 14.3 Å². The van der Waals surface area contributed by atoms with E-state index in [0.29, 0.717) is 38.0 Å². The molecule has 2 N–H and O–H groups in total. The van der Waals surface area contributed by atoms with Crippen LogP contribution in [0.4, 0.5) is 8.78 Å². The summed E-state index contributed by atoms with van der Waals surface area (Å²) in [6.07, 6.45) is 1.82. The summed E-state index contributed by atoms with van der Waals surface area (Å²) in [6, 6.07) is 3.36. The molecule has 1 saturated carbocycles. The van der Waals surface area contributed by atoms with Gasteiger partial charge in [-0.1, -0.05) is 6.07 Å². The molecular formula is C18H21F2NO4. The number of carboxylic acids is 1. The lowest BCUT2D eigenvalue weighted by Crippen LogP contribution is -2.39. The van der Waals surface area contributed by atoms with Crippen molar-refractivity contribution in [3.05, 3.63) is 35.4 Å². The number of carboxylic acid groups (broad SMARTS) is 1. The number of rotatable bonds is 6. The van der Waals surface area contributed by atoms with Crippen LogP contribution < -0.4 is 5.32 Å². The van der Waals surface area contributed by atoms with Gasteiger partial charge in [-0.2, -0.15) is 0 Å². The van der Waals surface area contributed by atoms with Gasteiger partial charge in [-0.3, -0.25) is 9.59 Å². The van der Waals surface area contributed by atoms with Crippen LogP contribution in [0.5, 0.6) is 0 Å². The summed E-state index contributed by atoms with van der Waals surface area (Å²) >= 11 is 0. The predicted molar refractivity (Wildman–Crippen MR) is 84.9 cm³/mol. The molecule has 7 heteroatoms. The first kappa shape index (κ1) is 17.8. The molecule has 0 bridgehead atoms. The zero-order valence-corrected chi connectivity index (χ0v) is 13.7. The van der Waals surface area contributed by atoms with Gasteiger partial charge in [-0.05, 0) is 42.7 Å². The van der Waals surface area contributed by atoms with Gasteiger partial charge in [0.15, 0.2) is 0 Å². The molecule has 3 rings (SSSR count). The van der Waals surface area contributed by atoms with Gasteiger partial charge >= 0.3 is 5.97 Å². The molecule has 1 heterocycles. The third-order valence-electron chi connectivity index (χ3n) is 5.14. The molecule has 136 valence electrons. The summed E-state index contributed by atoms with van der Waals surface area (Å²) in [7, 11) is 0. The Hall–Kier alpha value is -2.02. The van der Waals surface area contributed by atoms with E-state index in [9.17, 15) is 23.5 Å². The van der Waals surface area contributed by atoms with Gasteiger partial charge in [0.25, 0.3) is 0 Å². The molecule has 1 aromatic rings. The molecule has 0 radical (unpaired) electrons. The van der Waals surface area contributed by atoms with E-state index in [2.05, 4.69) is 5.32 Å². The summed E-state index contributed by atoms with van der Waals surface area (Å²) in [5.74, 6) is -3.81. The van der Waals surface area contributed by atoms with E-state index >= 15 is 0 Å². The highest BCUT2D eigenvalue weighted by molar-refractivity contribution is 5.83. The molecular weight excluding hydrogens is 332 g/mol. The van der Waals surface area contributed by atoms with Crippen LogP contribution in [0.2, 0.25) is 0 Å². The average molecular weight is 353 g/mol. The fraction of sp³-hybridized carbons (Fsp3) is 0.556. The average Bonchev–Trinajstić information content (AvgIpc) is 3.36. The van der Waals surface area contributed by atoms with Crippen LogP contribution >= 0.6 is 0 Å². The number of halogens is 2. The van der Waals surface area contributed by atoms with Gasteiger partial charge in [0.2, 0.25) is 5.91 Å². The molecule has 1 aliphatic heterocycles. The fourth-order valence-electron chi connectivity index (χ4n) is 3.55. The highest BCUT2D eigenvalue weighted by atomic mass is 19.1. The monoisotopic (exact) mass is 353 g/mol. The zero-order chi connectivity index (χ0) is 18.0. The second kappa shape index (κ2) is 7.47. The van der Waals surface area contributed by atoms with Crippen LogP contribution in [0, 0.1) is 29.4 Å². The minimum absolute atomic E-state index is 0.0175. The number of aliphatic carboxylic acids is 1. The minimum atomic E-state index is -0.927. The van der Waals surface area contributed by atoms with Crippen molar-refractivity contribution in [1.82, 2.24) is 5.32 Å². The standard InChI is InChI=1S/C18H21F2NO4/c19-11-1-2-12(16(20)7-11)13-8-14(13)17(22)21-9-15(18(23)24)10-3-5-25-6-4-10/h1-2,7,10,13-15H,3-6,8-9H2,(H,21,22)(H,23,24). The van der Waals surface area contributed by atoms with Crippen molar-refractivity contribution in [2.24, 2.45) is 17.8 Å². The van der Waals surface area contributed by atoms with Crippen LogP contribution in [0.1, 0.15) is 30.7 Å². The molecule has 5 nitrogen and oxygen atoms in total. The molecule has 1 saturated heterocycles. The maximum atomic E-state index is 13.8. The van der Waals surface area contributed by atoms with Crippen LogP contribution in [0.25, 0.3) is 0 Å². The van der Waals surface area contributed by atoms with Gasteiger partial charge in [0, 0.05) is 31.7 Å². The molecule has 0 spiro atoms. The molecule has 1 aromatic carbocycles. The topological polar surface area (TPSA) is 75.6 Å². The lowest BCUT2D eigenvalue weighted by atomic mass is 9.86. The number of nitrogens with one attached hydrogen (secondary N) is 1. The van der Waals surface area contributed by atoms with Gasteiger partial charge in [0.1, 0.15) is 11.6 Å². The van der Waals surface area contributed by atoms with Crippen molar-refractivity contribution in [2.45, 2.75) is 25.2 Å². The molecule has 1 amide bonds. The molecule has 2 fully saturated rings. The Morgan fingerprint density at radius 2 is 2.00 bits per heavy atom. The highest BCUT2D eigenvalue weighted by Crippen LogP contribution is 2.48. The van der Waals surface area contributed by atoms with Gasteiger partial charge in [-0.25, -0.2) is 8.78 Å². The van der Waals surface area contributed by atoms with Gasteiger partial charge in [0.05, 0.1) is 5.92 Å². The number of carbonyl (C=O) groups is 2. The van der Waals surface area contributed by atoms with Crippen molar-refractivity contribution in [1.29, 1.82) is 0 Å². The number of hydrogen-bond donors (Lipinski definition) is 2. The number of hydrogen-bond acceptors (Lipinski definition) is 3. The number of ether oxygens (including phenoxy) is 1. The SMILES string of the molecule is O=C(O)C(CNC(=O)C1CC1c1ccc(F)cc1F)C1CCOCC1. The zero-order valence-electron chi connectivity index (χ0n) is 13.7. The fourth-order valence-corrected chi connectivity index (χ4v) is 3.55. The largest absolute Gasteiger partial charge is 0.481 e. The second-order valence-corrected chi connectivity index (χ2v) is 6.75. The van der Waals surface area contributed by atoms with E-state index in [0.717, 1.165) is 6.07 Å². The summed E-state index contributed by atoms with van der Waals surface area (Å²) in [5, 5.41) is 12.1. The summed E-state index contributed by atoms with van der Waals surface area (Å²) in [6.45, 7) is 1.14. The van der Waals surface area contributed by atoms with E-state index in [4.69, 9.17) is 4.74 Å². The first-order chi connectivity index (χ1) is 12.0. The van der Waals surface area contributed by atoms with E-state index in [1.807, 2.05) is 0 Å². The lowest BCUT2D eigenvalue weighted by molar-refractivity contribution is -0.145. The van der Waals surface area contributed by atoms with Gasteiger partial charge < -0.3 is 15.2 Å². The maximum Gasteiger partial charge on any atom is 0.308 e. The maximum absolute atomic E-state index is 13.8. The van der Waals surface area contributed by atoms with Crippen LogP contribution in [0.3, 0.4) is 0 Å². The molecule has 25 heavy (non-hydrogen) atoms. The predicted octanol–water partition coefficient (Wildman–Crippen LogP) is 2.31. The number of carbonyl (C=O) groups excluding carboxylic acids is 1. The Bertz CT molecular complexity index is 660. The summed E-state index contributed by atoms with van der Waals surface area (Å²) in [5.41, 5.74) is 0.334. The third kappa shape index (κ3) is 4.15. The van der Waals surface area contributed by atoms with Crippen LogP contribution in [-0.4, -0.2) is 36.7 Å². The summed E-state index contributed by atoms with van der Waals surface area (Å²) in [4.78, 5) is 23.7. The van der Waals surface area contributed by atoms with E-state index in [1.165, 1.54) is 12.1 Å². The van der Waals surface area contributed by atoms with Crippen molar-refractivity contribution in [2.75, 3.05) is 19.8 Å². The Balaban J connectivity index is 1.54. The van der Waals surface area contributed by atoms with E-state index < -0.39 is 23.5 Å². The third-order valence-corrected chi connectivity index (χ3v) is 5.14. The first-order valence-electron chi connectivity index (χ1n) is 8.50. The van der Waals surface area contributed by atoms with E-state index in [-0.39, 0.29) is 30.2 Å². The number of amides is 1. The highest BCUT2D eigenvalue weighted by Gasteiger charge is 2.45.